The normalized spacial score (nSPS) is 12.1. The van der Waals surface area contributed by atoms with Crippen molar-refractivity contribution < 1.29 is 19.4 Å². The zero-order valence-corrected chi connectivity index (χ0v) is 10.5. The number of anilines is 1. The number of nitrogens with two attached hydrogens (primary N) is 1. The number of rotatable bonds is 6. The first-order valence-corrected chi connectivity index (χ1v) is 5.47. The molecule has 0 fully saturated rings. The monoisotopic (exact) mass is 254 g/mol. The van der Waals surface area contributed by atoms with Gasteiger partial charge in [0.25, 0.3) is 5.91 Å². The zero-order valence-electron chi connectivity index (χ0n) is 10.5. The minimum absolute atomic E-state index is 0.00506. The topological polar surface area (TPSA) is 93.8 Å². The molecule has 0 radical (unpaired) electrons. The average Bonchev–Trinajstić information content (AvgIpc) is 2.37. The number of amides is 1. The van der Waals surface area contributed by atoms with Crippen LogP contribution < -0.4 is 11.1 Å². The number of carbonyl (C=O) groups excluding carboxylic acids is 1. The number of nitrogens with one attached hydrogen (secondary N) is 1. The summed E-state index contributed by atoms with van der Waals surface area (Å²) in [5.74, 6) is -0.365. The van der Waals surface area contributed by atoms with E-state index in [9.17, 15) is 9.90 Å². The van der Waals surface area contributed by atoms with Gasteiger partial charge in [-0.1, -0.05) is 0 Å². The lowest BCUT2D eigenvalue weighted by Gasteiger charge is -2.15. The third-order valence-corrected chi connectivity index (χ3v) is 2.46. The molecule has 0 spiro atoms. The smallest absolute Gasteiger partial charge is 0.253 e. The van der Waals surface area contributed by atoms with Crippen LogP contribution in [-0.4, -0.2) is 44.5 Å². The van der Waals surface area contributed by atoms with Crippen molar-refractivity contribution in [2.24, 2.45) is 0 Å². The molecule has 1 rings (SSSR count). The molecule has 0 aliphatic heterocycles. The maximum absolute atomic E-state index is 11.8. The summed E-state index contributed by atoms with van der Waals surface area (Å²) in [6.07, 6.45) is -0.225. The lowest BCUT2D eigenvalue weighted by Crippen LogP contribution is -2.35. The largest absolute Gasteiger partial charge is 0.508 e. The fourth-order valence-corrected chi connectivity index (χ4v) is 1.44. The average molecular weight is 254 g/mol. The Kier molecular flexibility index (Phi) is 5.41. The molecule has 1 aromatic rings. The molecule has 4 N–H and O–H groups in total. The van der Waals surface area contributed by atoms with Gasteiger partial charge >= 0.3 is 0 Å². The fourth-order valence-electron chi connectivity index (χ4n) is 1.44. The highest BCUT2D eigenvalue weighted by Crippen LogP contribution is 2.18. The number of benzene rings is 1. The second-order valence-corrected chi connectivity index (χ2v) is 3.79. The van der Waals surface area contributed by atoms with Gasteiger partial charge in [-0.2, -0.15) is 0 Å². The molecule has 0 aliphatic rings. The summed E-state index contributed by atoms with van der Waals surface area (Å²) in [6, 6.07) is 4.23. The molecule has 1 amide bonds. The Bertz CT molecular complexity index is 409. The SMILES string of the molecule is COCC(CNC(=O)c1cc(O)ccc1N)OC. The Balaban J connectivity index is 2.62. The molecule has 1 atom stereocenters. The number of aromatic hydroxyl groups is 1. The lowest BCUT2D eigenvalue weighted by molar-refractivity contribution is 0.0285. The van der Waals surface area contributed by atoms with Crippen LogP contribution in [0.3, 0.4) is 0 Å². The van der Waals surface area contributed by atoms with Crippen molar-refractivity contribution >= 4 is 11.6 Å². The van der Waals surface area contributed by atoms with E-state index in [-0.39, 0.29) is 23.3 Å². The molecule has 1 aromatic carbocycles. The van der Waals surface area contributed by atoms with E-state index in [4.69, 9.17) is 15.2 Å². The van der Waals surface area contributed by atoms with E-state index >= 15 is 0 Å². The quantitative estimate of drug-likeness (QED) is 0.503. The van der Waals surface area contributed by atoms with Gasteiger partial charge in [0.1, 0.15) is 5.75 Å². The summed E-state index contributed by atoms with van der Waals surface area (Å²) < 4.78 is 10.0. The van der Waals surface area contributed by atoms with Crippen LogP contribution in [0.5, 0.6) is 5.75 Å². The summed E-state index contributed by atoms with van der Waals surface area (Å²) in [6.45, 7) is 0.685. The van der Waals surface area contributed by atoms with E-state index < -0.39 is 0 Å². The Morgan fingerprint density at radius 2 is 2.22 bits per heavy atom. The van der Waals surface area contributed by atoms with Crippen LogP contribution in [0.25, 0.3) is 0 Å². The number of nitrogen functional groups attached to an aromatic ring is 1. The van der Waals surface area contributed by atoms with Crippen LogP contribution in [0.1, 0.15) is 10.4 Å². The standard InChI is InChI=1S/C12H18N2O4/c1-17-7-9(18-2)6-14-12(16)10-5-8(15)3-4-11(10)13/h3-5,9,15H,6-7,13H2,1-2H3,(H,14,16). The third-order valence-electron chi connectivity index (χ3n) is 2.46. The fraction of sp³-hybridized carbons (Fsp3) is 0.417. The van der Waals surface area contributed by atoms with E-state index in [1.54, 1.807) is 14.2 Å². The van der Waals surface area contributed by atoms with Gasteiger partial charge in [-0.15, -0.1) is 0 Å². The Morgan fingerprint density at radius 1 is 1.50 bits per heavy atom. The van der Waals surface area contributed by atoms with Gasteiger partial charge < -0.3 is 25.6 Å². The van der Waals surface area contributed by atoms with Crippen molar-refractivity contribution in [1.82, 2.24) is 5.32 Å². The van der Waals surface area contributed by atoms with Crippen LogP contribution in [0, 0.1) is 0 Å². The van der Waals surface area contributed by atoms with Gasteiger partial charge in [0.2, 0.25) is 0 Å². The first-order valence-electron chi connectivity index (χ1n) is 5.47. The molecule has 0 aromatic heterocycles. The molecular weight excluding hydrogens is 236 g/mol. The molecule has 6 nitrogen and oxygen atoms in total. The molecule has 0 bridgehead atoms. The minimum Gasteiger partial charge on any atom is -0.508 e. The number of carbonyl (C=O) groups is 1. The van der Waals surface area contributed by atoms with E-state index in [2.05, 4.69) is 5.32 Å². The molecule has 0 aliphatic carbocycles. The Hall–Kier alpha value is -1.79. The van der Waals surface area contributed by atoms with Crippen LogP contribution >= 0.6 is 0 Å². The summed E-state index contributed by atoms with van der Waals surface area (Å²) in [7, 11) is 3.10. The first kappa shape index (κ1) is 14.3. The van der Waals surface area contributed by atoms with Crippen molar-refractivity contribution in [3.63, 3.8) is 0 Å². The van der Waals surface area contributed by atoms with Crippen LogP contribution in [0.15, 0.2) is 18.2 Å². The van der Waals surface area contributed by atoms with Gasteiger partial charge in [-0.05, 0) is 18.2 Å². The molecular formula is C12H18N2O4. The van der Waals surface area contributed by atoms with Crippen molar-refractivity contribution in [3.8, 4) is 5.75 Å². The highest BCUT2D eigenvalue weighted by molar-refractivity contribution is 5.99. The van der Waals surface area contributed by atoms with E-state index in [1.807, 2.05) is 0 Å². The molecule has 0 heterocycles. The van der Waals surface area contributed by atoms with Gasteiger partial charge in [0, 0.05) is 26.5 Å². The van der Waals surface area contributed by atoms with E-state index in [0.717, 1.165) is 0 Å². The number of hydrogen-bond donors (Lipinski definition) is 3. The minimum atomic E-state index is -0.360. The number of phenolic OH excluding ortho intramolecular Hbond substituents is 1. The van der Waals surface area contributed by atoms with Crippen LogP contribution in [0.2, 0.25) is 0 Å². The first-order chi connectivity index (χ1) is 8.58. The van der Waals surface area contributed by atoms with Gasteiger partial charge in [-0.3, -0.25) is 4.79 Å². The molecule has 1 unspecified atom stereocenters. The predicted octanol–water partition coefficient (Wildman–Crippen LogP) is 0.366. The Labute approximate surface area is 106 Å². The second-order valence-electron chi connectivity index (χ2n) is 3.79. The zero-order chi connectivity index (χ0) is 13.5. The van der Waals surface area contributed by atoms with Crippen molar-refractivity contribution in [3.05, 3.63) is 23.8 Å². The summed E-state index contributed by atoms with van der Waals surface area (Å²) >= 11 is 0. The highest BCUT2D eigenvalue weighted by atomic mass is 16.5. The molecule has 100 valence electrons. The van der Waals surface area contributed by atoms with Crippen LogP contribution in [0.4, 0.5) is 5.69 Å². The van der Waals surface area contributed by atoms with Gasteiger partial charge in [0.05, 0.1) is 18.3 Å². The molecule has 0 saturated carbocycles. The number of ether oxygens (including phenoxy) is 2. The van der Waals surface area contributed by atoms with Crippen molar-refractivity contribution in [1.29, 1.82) is 0 Å². The Morgan fingerprint density at radius 3 is 2.83 bits per heavy atom. The summed E-state index contributed by atoms with van der Waals surface area (Å²) in [5.41, 5.74) is 6.21. The number of hydrogen-bond acceptors (Lipinski definition) is 5. The maximum Gasteiger partial charge on any atom is 0.253 e. The summed E-state index contributed by atoms with van der Waals surface area (Å²) in [4.78, 5) is 11.8. The second kappa shape index (κ2) is 6.83. The van der Waals surface area contributed by atoms with Crippen molar-refractivity contribution in [2.75, 3.05) is 33.1 Å². The maximum atomic E-state index is 11.8. The van der Waals surface area contributed by atoms with Gasteiger partial charge in [0.15, 0.2) is 0 Å². The van der Waals surface area contributed by atoms with Gasteiger partial charge in [-0.25, -0.2) is 0 Å². The van der Waals surface area contributed by atoms with Crippen molar-refractivity contribution in [2.45, 2.75) is 6.10 Å². The lowest BCUT2D eigenvalue weighted by atomic mass is 10.1. The molecule has 18 heavy (non-hydrogen) atoms. The number of methoxy groups -OCH3 is 2. The molecule has 0 saturated heterocycles. The number of phenols is 1. The summed E-state index contributed by atoms with van der Waals surface area (Å²) in [5, 5.41) is 12.0. The predicted molar refractivity (Wildman–Crippen MR) is 67.5 cm³/mol. The third kappa shape index (κ3) is 3.90. The molecule has 6 heteroatoms. The van der Waals surface area contributed by atoms with E-state index in [1.165, 1.54) is 18.2 Å². The van der Waals surface area contributed by atoms with Crippen LogP contribution in [-0.2, 0) is 9.47 Å². The van der Waals surface area contributed by atoms with E-state index in [0.29, 0.717) is 18.8 Å². The highest BCUT2D eigenvalue weighted by Gasteiger charge is 2.13.